The Bertz CT molecular complexity index is 860. The van der Waals surface area contributed by atoms with Crippen LogP contribution in [0.1, 0.15) is 50.2 Å². The summed E-state index contributed by atoms with van der Waals surface area (Å²) in [6, 6.07) is 9.82. The fraction of sp³-hybridized carbons (Fsp3) is 0.391. The summed E-state index contributed by atoms with van der Waals surface area (Å²) in [6.45, 7) is 4.14. The highest BCUT2D eigenvalue weighted by atomic mass is 32.2. The van der Waals surface area contributed by atoms with Crippen molar-refractivity contribution < 1.29 is 4.79 Å². The third-order valence-electron chi connectivity index (χ3n) is 5.55. The third-order valence-corrected chi connectivity index (χ3v) is 6.28. The second kappa shape index (κ2) is 9.83. The van der Waals surface area contributed by atoms with Gasteiger partial charge in [0.05, 0.1) is 5.88 Å². The van der Waals surface area contributed by atoms with Crippen molar-refractivity contribution in [3.05, 3.63) is 59.3 Å². The van der Waals surface area contributed by atoms with Gasteiger partial charge in [0, 0.05) is 40.4 Å². The van der Waals surface area contributed by atoms with E-state index in [4.69, 9.17) is 5.73 Å². The molecular formula is C23H30N4OS. The zero-order valence-corrected chi connectivity index (χ0v) is 18.0. The maximum Gasteiger partial charge on any atom is 0.230 e. The summed E-state index contributed by atoms with van der Waals surface area (Å²) in [7, 11) is 0. The Hall–Kier alpha value is -2.47. The molecule has 0 bridgehead atoms. The molecule has 0 aliphatic heterocycles. The van der Waals surface area contributed by atoms with Gasteiger partial charge in [0.1, 0.15) is 0 Å². The van der Waals surface area contributed by atoms with E-state index in [2.05, 4.69) is 29.5 Å². The van der Waals surface area contributed by atoms with E-state index in [1.165, 1.54) is 6.42 Å². The largest absolute Gasteiger partial charge is 0.398 e. The summed E-state index contributed by atoms with van der Waals surface area (Å²) in [4.78, 5) is 16.9. The van der Waals surface area contributed by atoms with E-state index in [-0.39, 0.29) is 11.3 Å². The van der Waals surface area contributed by atoms with Crippen molar-refractivity contribution in [2.45, 2.75) is 46.0 Å². The average molecular weight is 411 g/mol. The fourth-order valence-electron chi connectivity index (χ4n) is 3.58. The zero-order chi connectivity index (χ0) is 20.7. The van der Waals surface area contributed by atoms with Crippen LogP contribution in [-0.4, -0.2) is 16.8 Å². The topological polar surface area (TPSA) is 80.0 Å². The lowest BCUT2D eigenvalue weighted by molar-refractivity contribution is -0.126. The quantitative estimate of drug-likeness (QED) is 0.423. The second-order valence-electron chi connectivity index (χ2n) is 7.91. The van der Waals surface area contributed by atoms with Crippen LogP contribution in [0.25, 0.3) is 5.70 Å². The Morgan fingerprint density at radius 2 is 2.07 bits per heavy atom. The minimum Gasteiger partial charge on any atom is -0.398 e. The smallest absolute Gasteiger partial charge is 0.230 e. The summed E-state index contributed by atoms with van der Waals surface area (Å²) >= 11 is 1.59. The monoisotopic (exact) mass is 410 g/mol. The maximum atomic E-state index is 12.8. The Labute approximate surface area is 177 Å². The number of carbonyl (C=O) groups excluding carboxylic acids is 1. The van der Waals surface area contributed by atoms with Gasteiger partial charge in [0.15, 0.2) is 0 Å². The molecule has 0 radical (unpaired) electrons. The summed E-state index contributed by atoms with van der Waals surface area (Å²) in [6.07, 6.45) is 8.93. The van der Waals surface area contributed by atoms with E-state index in [0.717, 1.165) is 48.2 Å². The van der Waals surface area contributed by atoms with E-state index in [1.54, 1.807) is 24.2 Å². The van der Waals surface area contributed by atoms with Crippen LogP contribution in [0.15, 0.2) is 48.1 Å². The predicted molar refractivity (Wildman–Crippen MR) is 123 cm³/mol. The highest BCUT2D eigenvalue weighted by molar-refractivity contribution is 8.02. The first-order valence-electron chi connectivity index (χ1n) is 10.1. The third kappa shape index (κ3) is 5.76. The summed E-state index contributed by atoms with van der Waals surface area (Å²) in [5.41, 5.74) is 10.4. The normalized spacial score (nSPS) is 16.3. The first-order valence-corrected chi connectivity index (χ1v) is 11.2. The number of amides is 1. The number of nitrogens with one attached hydrogen (secondary N) is 2. The molecule has 1 aliphatic carbocycles. The van der Waals surface area contributed by atoms with Crippen molar-refractivity contribution in [2.75, 3.05) is 16.5 Å². The van der Waals surface area contributed by atoms with Gasteiger partial charge in [0.25, 0.3) is 0 Å². The van der Waals surface area contributed by atoms with Gasteiger partial charge in [-0.15, -0.1) is 11.8 Å². The number of benzene rings is 1. The Kier molecular flexibility index (Phi) is 7.20. The Balaban J connectivity index is 1.57. The van der Waals surface area contributed by atoms with Crippen molar-refractivity contribution >= 4 is 34.7 Å². The predicted octanol–water partition coefficient (Wildman–Crippen LogP) is 5.36. The van der Waals surface area contributed by atoms with Crippen molar-refractivity contribution in [1.82, 2.24) is 4.98 Å². The van der Waals surface area contributed by atoms with E-state index < -0.39 is 0 Å². The molecule has 5 nitrogen and oxygen atoms in total. The van der Waals surface area contributed by atoms with Gasteiger partial charge < -0.3 is 16.4 Å². The van der Waals surface area contributed by atoms with Crippen LogP contribution in [0, 0.1) is 12.3 Å². The Morgan fingerprint density at radius 3 is 2.79 bits per heavy atom. The molecule has 3 rings (SSSR count). The molecule has 1 amide bonds. The van der Waals surface area contributed by atoms with Gasteiger partial charge in [-0.1, -0.05) is 32.3 Å². The lowest BCUT2D eigenvalue weighted by Gasteiger charge is -2.32. The molecule has 1 aliphatic rings. The van der Waals surface area contributed by atoms with E-state index >= 15 is 0 Å². The molecule has 29 heavy (non-hydrogen) atoms. The molecule has 0 saturated heterocycles. The molecular weight excluding hydrogens is 380 g/mol. The van der Waals surface area contributed by atoms with Gasteiger partial charge in [-0.25, -0.2) is 0 Å². The van der Waals surface area contributed by atoms with Crippen LogP contribution in [0.2, 0.25) is 0 Å². The zero-order valence-electron chi connectivity index (χ0n) is 17.2. The van der Waals surface area contributed by atoms with Gasteiger partial charge >= 0.3 is 0 Å². The number of carbonyl (C=O) groups is 1. The minimum atomic E-state index is -0.249. The summed E-state index contributed by atoms with van der Waals surface area (Å²) < 4.78 is 0. The molecule has 1 saturated carbocycles. The molecule has 1 aromatic heterocycles. The van der Waals surface area contributed by atoms with Gasteiger partial charge in [0.2, 0.25) is 5.91 Å². The lowest BCUT2D eigenvalue weighted by atomic mass is 9.75. The van der Waals surface area contributed by atoms with Crippen LogP contribution >= 0.6 is 11.8 Å². The fourth-order valence-corrected chi connectivity index (χ4v) is 4.22. The van der Waals surface area contributed by atoms with Crippen LogP contribution in [0.3, 0.4) is 0 Å². The van der Waals surface area contributed by atoms with Crippen molar-refractivity contribution in [3.63, 3.8) is 0 Å². The van der Waals surface area contributed by atoms with E-state index in [9.17, 15) is 4.79 Å². The molecule has 0 atom stereocenters. The number of hydrogen-bond donors (Lipinski definition) is 3. The number of aromatic nitrogens is 1. The molecule has 154 valence electrons. The minimum absolute atomic E-state index is 0.133. The van der Waals surface area contributed by atoms with Crippen LogP contribution in [0.4, 0.5) is 11.4 Å². The molecule has 0 spiro atoms. The maximum absolute atomic E-state index is 12.8. The van der Waals surface area contributed by atoms with Crippen molar-refractivity contribution in [3.8, 4) is 0 Å². The van der Waals surface area contributed by atoms with Gasteiger partial charge in [-0.2, -0.15) is 0 Å². The highest BCUT2D eigenvalue weighted by Crippen LogP contribution is 2.37. The van der Waals surface area contributed by atoms with Crippen molar-refractivity contribution in [2.24, 2.45) is 11.1 Å². The van der Waals surface area contributed by atoms with Gasteiger partial charge in [-0.3, -0.25) is 9.78 Å². The Morgan fingerprint density at radius 1 is 1.28 bits per heavy atom. The van der Waals surface area contributed by atoms with Crippen molar-refractivity contribution in [1.29, 1.82) is 0 Å². The number of aryl methyl sites for hydroxylation is 1. The SMILES string of the molecule is Cc1ccc(NC(=O)C2(C)CCCCC2)cc1NCS/C=C(\N)c1cccnc1. The standard InChI is InChI=1S/C23H30N4OS/c1-17-8-9-19(27-22(28)23(2)10-4-3-5-11-23)13-21(17)26-16-29-15-20(24)18-7-6-12-25-14-18/h6-9,12-15,26H,3-5,10-11,16,24H2,1-2H3,(H,27,28)/b20-15-. The number of nitrogens with two attached hydrogens (primary N) is 1. The number of thioether (sulfide) groups is 1. The molecule has 6 heteroatoms. The first-order chi connectivity index (χ1) is 14.0. The number of rotatable bonds is 7. The number of anilines is 2. The first kappa shape index (κ1) is 21.2. The average Bonchev–Trinajstić information content (AvgIpc) is 2.74. The molecule has 1 heterocycles. The number of pyridine rings is 1. The molecule has 0 unspecified atom stereocenters. The molecule has 2 aromatic rings. The highest BCUT2D eigenvalue weighted by Gasteiger charge is 2.34. The molecule has 4 N–H and O–H groups in total. The lowest BCUT2D eigenvalue weighted by Crippen LogP contribution is -2.35. The van der Waals surface area contributed by atoms with Crippen LogP contribution < -0.4 is 16.4 Å². The molecule has 1 fully saturated rings. The molecule has 1 aromatic carbocycles. The van der Waals surface area contributed by atoms with Crippen LogP contribution in [0.5, 0.6) is 0 Å². The van der Waals surface area contributed by atoms with E-state index in [0.29, 0.717) is 11.6 Å². The summed E-state index contributed by atoms with van der Waals surface area (Å²) in [5.74, 6) is 0.810. The second-order valence-corrected chi connectivity index (χ2v) is 8.77. The number of hydrogen-bond acceptors (Lipinski definition) is 5. The van der Waals surface area contributed by atoms with Gasteiger partial charge in [-0.05, 0) is 55.0 Å². The van der Waals surface area contributed by atoms with Crippen LogP contribution in [-0.2, 0) is 4.79 Å². The summed E-state index contributed by atoms with van der Waals surface area (Å²) in [5, 5.41) is 8.47. The number of nitrogens with zero attached hydrogens (tertiary/aromatic N) is 1. The van der Waals surface area contributed by atoms with E-state index in [1.807, 2.05) is 35.7 Å².